The number of nitrogens with one attached hydrogen (secondary N) is 2. The van der Waals surface area contributed by atoms with Crippen LogP contribution in [0.5, 0.6) is 0 Å². The molecular formula is C25H26N6O2. The van der Waals surface area contributed by atoms with Crippen LogP contribution in [0.2, 0.25) is 0 Å². The summed E-state index contributed by atoms with van der Waals surface area (Å²) in [4.78, 5) is 37.3. The number of aromatic nitrogens is 2. The second-order valence-electron chi connectivity index (χ2n) is 8.31. The molecule has 1 aliphatic rings. The zero-order valence-corrected chi connectivity index (χ0v) is 18.8. The molecule has 0 saturated carbocycles. The van der Waals surface area contributed by atoms with Gasteiger partial charge in [0.25, 0.3) is 11.8 Å². The lowest BCUT2D eigenvalue weighted by atomic mass is 10.0. The third-order valence-corrected chi connectivity index (χ3v) is 5.66. The number of hydrogen-bond acceptors (Lipinski definition) is 6. The van der Waals surface area contributed by atoms with E-state index in [1.165, 1.54) is 6.33 Å². The number of rotatable bonds is 7. The highest BCUT2D eigenvalue weighted by molar-refractivity contribution is 6.47. The van der Waals surface area contributed by atoms with Crippen LogP contribution in [-0.4, -0.2) is 34.0 Å². The first-order chi connectivity index (χ1) is 15.8. The maximum Gasteiger partial charge on any atom is 0.273 e. The van der Waals surface area contributed by atoms with Gasteiger partial charge in [-0.05, 0) is 54.3 Å². The molecule has 4 rings (SSSR count). The number of nitrogens with two attached hydrogens (primary N) is 1. The largest absolute Gasteiger partial charge is 0.366 e. The van der Waals surface area contributed by atoms with Crippen LogP contribution >= 0.6 is 0 Å². The highest BCUT2D eigenvalue weighted by Gasteiger charge is 2.18. The number of benzene rings is 2. The molecule has 4 N–H and O–H groups in total. The minimum atomic E-state index is -0.538. The Bertz CT molecular complexity index is 1300. The van der Waals surface area contributed by atoms with Crippen LogP contribution < -0.4 is 16.4 Å². The summed E-state index contributed by atoms with van der Waals surface area (Å²) in [5.74, 6) is 0.205. The summed E-state index contributed by atoms with van der Waals surface area (Å²) < 4.78 is 0. The van der Waals surface area contributed by atoms with Gasteiger partial charge in [0.2, 0.25) is 0 Å². The van der Waals surface area contributed by atoms with E-state index in [1.54, 1.807) is 12.1 Å². The summed E-state index contributed by atoms with van der Waals surface area (Å²) in [6.45, 7) is 6.75. The molecule has 168 valence electrons. The predicted octanol–water partition coefficient (Wildman–Crippen LogP) is 3.88. The molecule has 8 heteroatoms. The number of carbonyl (C=O) groups is 2. The lowest BCUT2D eigenvalue weighted by molar-refractivity contribution is -0.110. The van der Waals surface area contributed by atoms with Gasteiger partial charge in [0.05, 0.1) is 23.7 Å². The molecule has 1 atom stereocenters. The van der Waals surface area contributed by atoms with Crippen molar-refractivity contribution in [1.29, 1.82) is 0 Å². The zero-order chi connectivity index (χ0) is 23.5. The molecule has 1 aliphatic heterocycles. The number of amides is 2. The van der Waals surface area contributed by atoms with E-state index in [0.717, 1.165) is 11.1 Å². The van der Waals surface area contributed by atoms with Crippen LogP contribution in [0.15, 0.2) is 65.4 Å². The molecule has 3 aromatic rings. The van der Waals surface area contributed by atoms with E-state index in [-0.39, 0.29) is 11.9 Å². The molecule has 0 radical (unpaired) electrons. The molecule has 0 aliphatic carbocycles. The summed E-state index contributed by atoms with van der Waals surface area (Å²) >= 11 is 0. The quantitative estimate of drug-likeness (QED) is 0.512. The zero-order valence-electron chi connectivity index (χ0n) is 18.8. The van der Waals surface area contributed by atoms with Crippen molar-refractivity contribution in [2.24, 2.45) is 16.6 Å². The molecular weight excluding hydrogens is 416 g/mol. The first kappa shape index (κ1) is 22.1. The normalized spacial score (nSPS) is 14.1. The second kappa shape index (κ2) is 9.20. The Morgan fingerprint density at radius 3 is 2.58 bits per heavy atom. The fraction of sp³-hybridized carbons (Fsp3) is 0.240. The lowest BCUT2D eigenvalue weighted by Crippen LogP contribution is -2.20. The number of anilines is 2. The molecule has 8 nitrogen and oxygen atoms in total. The predicted molar refractivity (Wildman–Crippen MR) is 130 cm³/mol. The number of nitrogens with zero attached hydrogens (tertiary/aromatic N) is 3. The summed E-state index contributed by atoms with van der Waals surface area (Å²) in [6, 6.07) is 12.7. The minimum Gasteiger partial charge on any atom is -0.366 e. The van der Waals surface area contributed by atoms with Crippen molar-refractivity contribution in [1.82, 2.24) is 9.97 Å². The monoisotopic (exact) mass is 442 g/mol. The summed E-state index contributed by atoms with van der Waals surface area (Å²) in [5, 5.41) is 7.01. The topological polar surface area (TPSA) is 122 Å². The van der Waals surface area contributed by atoms with Crippen molar-refractivity contribution in [3.05, 3.63) is 71.6 Å². The molecule has 2 heterocycles. The van der Waals surface area contributed by atoms with Gasteiger partial charge in [0.1, 0.15) is 17.9 Å². The van der Waals surface area contributed by atoms with Crippen molar-refractivity contribution < 1.29 is 9.59 Å². The fourth-order valence-corrected chi connectivity index (χ4v) is 3.70. The molecule has 2 amide bonds. The van der Waals surface area contributed by atoms with Gasteiger partial charge < -0.3 is 16.4 Å². The molecule has 33 heavy (non-hydrogen) atoms. The SMILES string of the molecule is CC(C)C1=CC(C(=O)Nc2cccc(C(C)Nc3ncnc4c(C(N)=O)cccc34)c2)=NC1. The molecule has 0 saturated heterocycles. The van der Waals surface area contributed by atoms with Gasteiger partial charge in [-0.1, -0.05) is 32.0 Å². The third-order valence-electron chi connectivity index (χ3n) is 5.66. The van der Waals surface area contributed by atoms with Gasteiger partial charge >= 0.3 is 0 Å². The maximum absolute atomic E-state index is 12.6. The van der Waals surface area contributed by atoms with Gasteiger partial charge in [-0.25, -0.2) is 9.97 Å². The van der Waals surface area contributed by atoms with Crippen LogP contribution in [-0.2, 0) is 4.79 Å². The van der Waals surface area contributed by atoms with Crippen LogP contribution in [0, 0.1) is 5.92 Å². The van der Waals surface area contributed by atoms with Crippen LogP contribution in [0.3, 0.4) is 0 Å². The number of para-hydroxylation sites is 1. The molecule has 0 bridgehead atoms. The summed E-state index contributed by atoms with van der Waals surface area (Å²) in [7, 11) is 0. The first-order valence-corrected chi connectivity index (χ1v) is 10.8. The molecule has 0 spiro atoms. The number of hydrogen-bond donors (Lipinski definition) is 3. The lowest BCUT2D eigenvalue weighted by Gasteiger charge is -2.17. The Hall–Kier alpha value is -4.07. The molecule has 2 aromatic carbocycles. The smallest absolute Gasteiger partial charge is 0.273 e. The van der Waals surface area contributed by atoms with Crippen molar-refractivity contribution in [2.75, 3.05) is 17.2 Å². The molecule has 1 unspecified atom stereocenters. The Kier molecular flexibility index (Phi) is 6.17. The molecule has 1 aromatic heterocycles. The van der Waals surface area contributed by atoms with Crippen molar-refractivity contribution in [3.63, 3.8) is 0 Å². The van der Waals surface area contributed by atoms with Gasteiger partial charge in [-0.3, -0.25) is 14.6 Å². The highest BCUT2D eigenvalue weighted by atomic mass is 16.2. The number of fused-ring (bicyclic) bond motifs is 1. The standard InChI is InChI=1S/C25H26N6O2/c1-14(2)17-11-21(27-12-17)25(33)31-18-7-4-6-16(10-18)15(3)30-24-20-9-5-8-19(23(26)32)22(20)28-13-29-24/h4-11,13-15H,12H2,1-3H3,(H2,26,32)(H,31,33)(H,28,29,30). The Morgan fingerprint density at radius 2 is 1.85 bits per heavy atom. The van der Waals surface area contributed by atoms with E-state index < -0.39 is 5.91 Å². The van der Waals surface area contributed by atoms with Crippen molar-refractivity contribution in [2.45, 2.75) is 26.8 Å². The van der Waals surface area contributed by atoms with E-state index in [9.17, 15) is 9.59 Å². The van der Waals surface area contributed by atoms with E-state index in [2.05, 4.69) is 39.4 Å². The average Bonchev–Trinajstić information content (AvgIpc) is 3.30. The Labute approximate surface area is 192 Å². The van der Waals surface area contributed by atoms with Crippen LogP contribution in [0.25, 0.3) is 10.9 Å². The van der Waals surface area contributed by atoms with E-state index in [0.29, 0.717) is 46.1 Å². The maximum atomic E-state index is 12.6. The number of primary amides is 1. The van der Waals surface area contributed by atoms with Gasteiger partial charge in [0.15, 0.2) is 0 Å². The highest BCUT2D eigenvalue weighted by Crippen LogP contribution is 2.27. The van der Waals surface area contributed by atoms with Crippen molar-refractivity contribution in [3.8, 4) is 0 Å². The van der Waals surface area contributed by atoms with E-state index >= 15 is 0 Å². The molecule has 0 fully saturated rings. The summed E-state index contributed by atoms with van der Waals surface area (Å²) in [6.07, 6.45) is 3.27. The fourth-order valence-electron chi connectivity index (χ4n) is 3.70. The minimum absolute atomic E-state index is 0.131. The Balaban J connectivity index is 1.52. The number of aliphatic imine (C=N–C) groups is 1. The van der Waals surface area contributed by atoms with Gasteiger partial charge in [-0.15, -0.1) is 0 Å². The Morgan fingerprint density at radius 1 is 1.06 bits per heavy atom. The number of carbonyl (C=O) groups excluding carboxylic acids is 2. The van der Waals surface area contributed by atoms with Crippen LogP contribution in [0.1, 0.15) is 42.7 Å². The third kappa shape index (κ3) is 4.74. The van der Waals surface area contributed by atoms with E-state index in [1.807, 2.05) is 43.3 Å². The first-order valence-electron chi connectivity index (χ1n) is 10.8. The summed E-state index contributed by atoms with van der Waals surface area (Å²) in [5.41, 5.74) is 9.58. The van der Waals surface area contributed by atoms with Crippen LogP contribution in [0.4, 0.5) is 11.5 Å². The second-order valence-corrected chi connectivity index (χ2v) is 8.31. The van der Waals surface area contributed by atoms with Crippen molar-refractivity contribution >= 4 is 39.9 Å². The van der Waals surface area contributed by atoms with Gasteiger partial charge in [0, 0.05) is 11.1 Å². The average molecular weight is 443 g/mol. The van der Waals surface area contributed by atoms with E-state index in [4.69, 9.17) is 5.73 Å². The van der Waals surface area contributed by atoms with Gasteiger partial charge in [-0.2, -0.15) is 0 Å².